The molecule has 13 nitrogen and oxygen atoms in total. The molecule has 5 rings (SSSR count). The summed E-state index contributed by atoms with van der Waals surface area (Å²) in [5.74, 6) is -0.183. The molecule has 1 saturated carbocycles. The van der Waals surface area contributed by atoms with E-state index in [-0.39, 0.29) is 17.7 Å². The topological polar surface area (TPSA) is 180 Å². The Kier molecular flexibility index (Phi) is 10.2. The van der Waals surface area contributed by atoms with Gasteiger partial charge in [-0.25, -0.2) is 14.1 Å². The maximum absolute atomic E-state index is 14.1. The Labute approximate surface area is 260 Å². The van der Waals surface area contributed by atoms with E-state index in [0.29, 0.717) is 16.2 Å². The number of aliphatic hydroxyl groups excluding tert-OH is 2. The van der Waals surface area contributed by atoms with Crippen LogP contribution in [0.15, 0.2) is 42.7 Å². The third-order valence-corrected chi connectivity index (χ3v) is 10.0. The number of hydrogen-bond acceptors (Lipinski definition) is 11. The average molecular weight is 652 g/mol. The maximum Gasteiger partial charge on any atom is 0.459 e. The van der Waals surface area contributed by atoms with Crippen molar-refractivity contribution in [3.63, 3.8) is 0 Å². The number of hydrogen-bond donors (Lipinski definition) is 4. The highest BCUT2D eigenvalue weighted by atomic mass is 35.5. The number of nitrogens with zero attached hydrogens (tertiary/aromatic N) is 3. The minimum Gasteiger partial charge on any atom is -0.461 e. The number of nitrogen functional groups attached to an aromatic ring is 1. The molecule has 6 atom stereocenters. The highest BCUT2D eigenvalue weighted by Crippen LogP contribution is 2.47. The van der Waals surface area contributed by atoms with Crippen LogP contribution in [0.2, 0.25) is 5.02 Å². The zero-order chi connectivity index (χ0) is 31.5. The molecule has 15 heteroatoms. The standard InChI is InChI=1S/C29H39ClN5O8P/c1-18(28(38)41-20-8-6-4-3-5-7-9-20)34-44(39,43-21-12-10-19(30)11-13-21)40-16-23-25(36)26(37)29(2,42-23)24-15-14-22-27(31)32-17-33-35(22)24/h10-15,17-18,20,23,25-26,36-37H,3-9,16H2,1-2H3,(H,34,39)(H2,31,32,33)/t18-,23+,25+,26+,29-,44?/m0/s1. The van der Waals surface area contributed by atoms with Gasteiger partial charge in [0, 0.05) is 5.02 Å². The molecule has 2 aliphatic rings. The quantitative estimate of drug-likeness (QED) is 0.182. The lowest BCUT2D eigenvalue weighted by Crippen LogP contribution is -2.40. The number of carbonyl (C=O) groups excluding carboxylic acids is 1. The van der Waals surface area contributed by atoms with Gasteiger partial charge in [-0.1, -0.05) is 30.9 Å². The van der Waals surface area contributed by atoms with E-state index in [2.05, 4.69) is 15.2 Å². The molecule has 1 aliphatic carbocycles. The number of ether oxygens (including phenoxy) is 2. The maximum atomic E-state index is 14.1. The zero-order valence-corrected chi connectivity index (χ0v) is 26.3. The van der Waals surface area contributed by atoms with E-state index >= 15 is 0 Å². The Morgan fingerprint density at radius 3 is 2.57 bits per heavy atom. The number of carbonyl (C=O) groups is 1. The summed E-state index contributed by atoms with van der Waals surface area (Å²) < 4.78 is 39.0. The molecule has 0 bridgehead atoms. The van der Waals surface area contributed by atoms with Crippen LogP contribution in [0.25, 0.3) is 5.52 Å². The number of halogens is 1. The smallest absolute Gasteiger partial charge is 0.459 e. The molecule has 0 radical (unpaired) electrons. The first kappa shape index (κ1) is 32.6. The summed E-state index contributed by atoms with van der Waals surface area (Å²) in [6.45, 7) is 2.65. The highest BCUT2D eigenvalue weighted by Gasteiger charge is 2.54. The van der Waals surface area contributed by atoms with Gasteiger partial charge in [0.25, 0.3) is 0 Å². The predicted octanol–water partition coefficient (Wildman–Crippen LogP) is 4.14. The Balaban J connectivity index is 1.31. The van der Waals surface area contributed by atoms with Gasteiger partial charge in [-0.15, -0.1) is 0 Å². The van der Waals surface area contributed by atoms with E-state index in [0.717, 1.165) is 38.5 Å². The van der Waals surface area contributed by atoms with Gasteiger partial charge >= 0.3 is 13.7 Å². The van der Waals surface area contributed by atoms with Gasteiger partial charge in [-0.3, -0.25) is 9.32 Å². The molecule has 0 amide bonds. The van der Waals surface area contributed by atoms with Crippen molar-refractivity contribution in [1.29, 1.82) is 0 Å². The average Bonchev–Trinajstić information content (AvgIpc) is 3.51. The van der Waals surface area contributed by atoms with Crippen LogP contribution in [-0.2, 0) is 29.0 Å². The predicted molar refractivity (Wildman–Crippen MR) is 162 cm³/mol. The summed E-state index contributed by atoms with van der Waals surface area (Å²) in [4.78, 5) is 17.0. The second-order valence-corrected chi connectivity index (χ2v) is 13.6. The number of rotatable bonds is 10. The first-order chi connectivity index (χ1) is 21.0. The van der Waals surface area contributed by atoms with Gasteiger partial charge in [-0.2, -0.15) is 10.2 Å². The molecular formula is C29H39ClN5O8P. The van der Waals surface area contributed by atoms with E-state index in [1.807, 2.05) is 0 Å². The number of nitrogens with two attached hydrogens (primary N) is 1. The van der Waals surface area contributed by atoms with Crippen LogP contribution < -0.4 is 15.3 Å². The van der Waals surface area contributed by atoms with Gasteiger partial charge in [0.15, 0.2) is 5.82 Å². The molecule has 0 spiro atoms. The van der Waals surface area contributed by atoms with Crippen molar-refractivity contribution < 1.29 is 38.1 Å². The Hall–Kier alpha value is -2.77. The van der Waals surface area contributed by atoms with Gasteiger partial charge in [-0.05, 0) is 75.9 Å². The van der Waals surface area contributed by atoms with E-state index in [4.69, 9.17) is 35.9 Å². The number of esters is 1. The molecule has 2 aromatic heterocycles. The Morgan fingerprint density at radius 2 is 1.86 bits per heavy atom. The molecule has 1 aliphatic heterocycles. The molecule has 1 aromatic carbocycles. The monoisotopic (exact) mass is 651 g/mol. The van der Waals surface area contributed by atoms with E-state index in [1.165, 1.54) is 36.3 Å². The second-order valence-electron chi connectivity index (χ2n) is 11.5. The van der Waals surface area contributed by atoms with Gasteiger partial charge < -0.3 is 29.9 Å². The molecule has 3 heterocycles. The number of nitrogens with one attached hydrogen (secondary N) is 1. The fourth-order valence-corrected chi connectivity index (χ4v) is 7.27. The highest BCUT2D eigenvalue weighted by molar-refractivity contribution is 7.52. The lowest BCUT2D eigenvalue weighted by molar-refractivity contribution is -0.151. The fraction of sp³-hybridized carbons (Fsp3) is 0.552. The largest absolute Gasteiger partial charge is 0.461 e. The summed E-state index contributed by atoms with van der Waals surface area (Å²) in [6, 6.07) is 8.40. The van der Waals surface area contributed by atoms with Gasteiger partial charge in [0.2, 0.25) is 0 Å². The number of anilines is 1. The summed E-state index contributed by atoms with van der Waals surface area (Å²) in [7, 11) is -4.29. The first-order valence-electron chi connectivity index (χ1n) is 14.8. The van der Waals surface area contributed by atoms with Crippen molar-refractivity contribution in [2.24, 2.45) is 0 Å². The minimum atomic E-state index is -4.29. The van der Waals surface area contributed by atoms with E-state index in [1.54, 1.807) is 31.2 Å². The van der Waals surface area contributed by atoms with Crippen molar-refractivity contribution >= 4 is 36.7 Å². The van der Waals surface area contributed by atoms with Crippen LogP contribution in [0.1, 0.15) is 64.5 Å². The summed E-state index contributed by atoms with van der Waals surface area (Å²) in [5.41, 5.74) is 5.43. The number of benzene rings is 1. The third-order valence-electron chi connectivity index (χ3n) is 8.14. The SMILES string of the molecule is C[C@H](NP(=O)(OC[C@H]1O[C@@](C)(c2ccc3c(N)ncnn23)[C@H](O)[C@@H]1O)Oc1ccc(Cl)cc1)C(=O)OC1CCCCCCC1. The molecular weight excluding hydrogens is 613 g/mol. The Bertz CT molecular complexity index is 1480. The van der Waals surface area contributed by atoms with Crippen LogP contribution in [0.3, 0.4) is 0 Å². The van der Waals surface area contributed by atoms with Crippen LogP contribution in [0, 0.1) is 0 Å². The molecule has 1 saturated heterocycles. The van der Waals surface area contributed by atoms with Crippen LogP contribution in [0.4, 0.5) is 5.82 Å². The molecule has 3 aromatic rings. The molecule has 5 N–H and O–H groups in total. The first-order valence-corrected chi connectivity index (χ1v) is 16.7. The van der Waals surface area contributed by atoms with Crippen molar-refractivity contribution in [2.45, 2.75) is 94.9 Å². The number of aromatic nitrogens is 3. The minimum absolute atomic E-state index is 0.167. The van der Waals surface area contributed by atoms with Crippen molar-refractivity contribution in [2.75, 3.05) is 12.3 Å². The Morgan fingerprint density at radius 1 is 1.18 bits per heavy atom. The number of fused-ring (bicyclic) bond motifs is 1. The van der Waals surface area contributed by atoms with Gasteiger partial charge in [0.1, 0.15) is 53.7 Å². The summed E-state index contributed by atoms with van der Waals surface area (Å²) in [6.07, 6.45) is 3.98. The van der Waals surface area contributed by atoms with Crippen LogP contribution in [-0.4, -0.2) is 67.8 Å². The lowest BCUT2D eigenvalue weighted by Gasteiger charge is -2.28. The second kappa shape index (κ2) is 13.7. The van der Waals surface area contributed by atoms with Crippen LogP contribution in [0.5, 0.6) is 5.75 Å². The molecule has 2 fully saturated rings. The zero-order valence-electron chi connectivity index (χ0n) is 24.7. The normalized spacial score (nSPS) is 26.9. The van der Waals surface area contributed by atoms with Crippen molar-refractivity contribution in [3.05, 3.63) is 53.4 Å². The lowest BCUT2D eigenvalue weighted by atomic mass is 9.93. The summed E-state index contributed by atoms with van der Waals surface area (Å²) in [5, 5.41) is 29.4. The number of aliphatic hydroxyl groups is 2. The van der Waals surface area contributed by atoms with Crippen molar-refractivity contribution in [3.8, 4) is 5.75 Å². The molecule has 1 unspecified atom stereocenters. The van der Waals surface area contributed by atoms with Crippen molar-refractivity contribution in [1.82, 2.24) is 19.7 Å². The molecule has 240 valence electrons. The third kappa shape index (κ3) is 7.20. The fourth-order valence-electron chi connectivity index (χ4n) is 5.64. The van der Waals surface area contributed by atoms with Gasteiger partial charge in [0.05, 0.1) is 12.3 Å². The molecule has 44 heavy (non-hydrogen) atoms. The van der Waals surface area contributed by atoms with Crippen LogP contribution >= 0.6 is 19.3 Å². The van der Waals surface area contributed by atoms with E-state index < -0.39 is 50.3 Å². The summed E-state index contributed by atoms with van der Waals surface area (Å²) >= 11 is 6.00. The van der Waals surface area contributed by atoms with E-state index in [9.17, 15) is 19.6 Å².